The van der Waals surface area contributed by atoms with Crippen molar-refractivity contribution in [3.05, 3.63) is 64.3 Å². The second-order valence-electron chi connectivity index (χ2n) is 4.85. The van der Waals surface area contributed by atoms with E-state index >= 15 is 0 Å². The van der Waals surface area contributed by atoms with Gasteiger partial charge in [0.15, 0.2) is 0 Å². The van der Waals surface area contributed by atoms with Crippen LogP contribution in [-0.2, 0) is 0 Å². The monoisotopic (exact) mass is 311 g/mol. The van der Waals surface area contributed by atoms with Gasteiger partial charge in [-0.25, -0.2) is 0 Å². The fourth-order valence-corrected chi connectivity index (χ4v) is 3.04. The Labute approximate surface area is 121 Å². The number of fused-ring (bicyclic) bond motifs is 1. The van der Waals surface area contributed by atoms with Crippen molar-refractivity contribution in [2.24, 2.45) is 0 Å². The van der Waals surface area contributed by atoms with Crippen LogP contribution in [0.2, 0.25) is 0 Å². The third kappa shape index (κ3) is 2.28. The van der Waals surface area contributed by atoms with Crippen molar-refractivity contribution in [1.82, 2.24) is 4.98 Å². The molecule has 0 saturated heterocycles. The van der Waals surface area contributed by atoms with Gasteiger partial charge in [0.05, 0.1) is 5.52 Å². The van der Waals surface area contributed by atoms with Gasteiger partial charge in [-0.15, -0.1) is 0 Å². The van der Waals surface area contributed by atoms with Crippen molar-refractivity contribution < 1.29 is 0 Å². The zero-order chi connectivity index (χ0) is 13.4. The molecule has 0 spiro atoms. The predicted molar refractivity (Wildman–Crippen MR) is 84.4 cm³/mol. The van der Waals surface area contributed by atoms with E-state index in [1.165, 1.54) is 16.7 Å². The van der Waals surface area contributed by atoms with Crippen LogP contribution in [0.3, 0.4) is 0 Å². The molecule has 2 aromatic carbocycles. The standard InChI is InChI=1S/C17H14BrN/c1-11-7-16(18)15-9-13(10-19-17(15)8-11)14-6-4-3-5-12(14)2/h3-10H,1-2H3. The fraction of sp³-hybridized carbons (Fsp3) is 0.118. The van der Waals surface area contributed by atoms with Crippen LogP contribution < -0.4 is 0 Å². The molecular weight excluding hydrogens is 298 g/mol. The zero-order valence-electron chi connectivity index (χ0n) is 10.9. The minimum absolute atomic E-state index is 1.03. The Morgan fingerprint density at radius 3 is 2.58 bits per heavy atom. The number of nitrogens with zero attached hydrogens (tertiary/aromatic N) is 1. The van der Waals surface area contributed by atoms with Crippen LogP contribution in [0.1, 0.15) is 11.1 Å². The quantitative estimate of drug-likeness (QED) is 0.595. The first-order valence-corrected chi connectivity index (χ1v) is 7.06. The van der Waals surface area contributed by atoms with Gasteiger partial charge in [-0.3, -0.25) is 4.98 Å². The highest BCUT2D eigenvalue weighted by molar-refractivity contribution is 9.10. The van der Waals surface area contributed by atoms with Crippen LogP contribution in [0.5, 0.6) is 0 Å². The lowest BCUT2D eigenvalue weighted by atomic mass is 10.0. The van der Waals surface area contributed by atoms with Gasteiger partial charge in [-0.05, 0) is 48.7 Å². The van der Waals surface area contributed by atoms with E-state index in [9.17, 15) is 0 Å². The Morgan fingerprint density at radius 1 is 1.00 bits per heavy atom. The molecule has 0 saturated carbocycles. The Hall–Kier alpha value is -1.67. The summed E-state index contributed by atoms with van der Waals surface area (Å²) in [5.74, 6) is 0. The maximum absolute atomic E-state index is 4.59. The molecule has 0 radical (unpaired) electrons. The van der Waals surface area contributed by atoms with Gasteiger partial charge in [-0.2, -0.15) is 0 Å². The smallest absolute Gasteiger partial charge is 0.0716 e. The van der Waals surface area contributed by atoms with Crippen LogP contribution >= 0.6 is 15.9 Å². The van der Waals surface area contributed by atoms with Crippen molar-refractivity contribution in [3.63, 3.8) is 0 Å². The lowest BCUT2D eigenvalue weighted by Crippen LogP contribution is -1.87. The molecule has 0 atom stereocenters. The van der Waals surface area contributed by atoms with E-state index in [0.717, 1.165) is 20.9 Å². The molecule has 0 aliphatic heterocycles. The average molecular weight is 312 g/mol. The number of aryl methyl sites for hydroxylation is 2. The van der Waals surface area contributed by atoms with E-state index < -0.39 is 0 Å². The lowest BCUT2D eigenvalue weighted by Gasteiger charge is -2.08. The molecule has 0 aliphatic carbocycles. The predicted octanol–water partition coefficient (Wildman–Crippen LogP) is 5.28. The summed E-state index contributed by atoms with van der Waals surface area (Å²) in [6.07, 6.45) is 1.95. The third-order valence-electron chi connectivity index (χ3n) is 3.35. The number of pyridine rings is 1. The Morgan fingerprint density at radius 2 is 1.79 bits per heavy atom. The van der Waals surface area contributed by atoms with E-state index in [2.05, 4.69) is 77.2 Å². The highest BCUT2D eigenvalue weighted by Gasteiger charge is 2.06. The van der Waals surface area contributed by atoms with Crippen molar-refractivity contribution in [2.75, 3.05) is 0 Å². The first-order valence-electron chi connectivity index (χ1n) is 6.27. The maximum atomic E-state index is 4.59. The molecule has 0 N–H and O–H groups in total. The molecule has 3 aromatic rings. The number of benzene rings is 2. The summed E-state index contributed by atoms with van der Waals surface area (Å²) < 4.78 is 1.10. The molecular formula is C17H14BrN. The van der Waals surface area contributed by atoms with Crippen LogP contribution in [0.4, 0.5) is 0 Å². The Kier molecular flexibility index (Phi) is 3.11. The molecule has 0 amide bonds. The molecule has 0 aliphatic rings. The second kappa shape index (κ2) is 4.78. The fourth-order valence-electron chi connectivity index (χ4n) is 2.36. The summed E-state index contributed by atoms with van der Waals surface area (Å²) in [6, 6.07) is 14.8. The van der Waals surface area contributed by atoms with Crippen LogP contribution in [0, 0.1) is 13.8 Å². The van der Waals surface area contributed by atoms with Gasteiger partial charge in [0, 0.05) is 21.6 Å². The molecule has 3 rings (SSSR count). The number of hydrogen-bond donors (Lipinski definition) is 0. The SMILES string of the molecule is Cc1cc(Br)c2cc(-c3ccccc3C)cnc2c1. The minimum atomic E-state index is 1.03. The van der Waals surface area contributed by atoms with Gasteiger partial charge in [-0.1, -0.05) is 40.2 Å². The van der Waals surface area contributed by atoms with Crippen LogP contribution in [-0.4, -0.2) is 4.98 Å². The van der Waals surface area contributed by atoms with Gasteiger partial charge < -0.3 is 0 Å². The van der Waals surface area contributed by atoms with Crippen molar-refractivity contribution in [3.8, 4) is 11.1 Å². The molecule has 94 valence electrons. The van der Waals surface area contributed by atoms with E-state index in [-0.39, 0.29) is 0 Å². The number of halogens is 1. The molecule has 1 heterocycles. The molecule has 0 unspecified atom stereocenters. The Balaban J connectivity index is 2.25. The van der Waals surface area contributed by atoms with Crippen LogP contribution in [0.15, 0.2) is 53.1 Å². The highest BCUT2D eigenvalue weighted by Crippen LogP contribution is 2.30. The minimum Gasteiger partial charge on any atom is -0.256 e. The molecule has 1 aromatic heterocycles. The largest absolute Gasteiger partial charge is 0.256 e. The molecule has 0 fully saturated rings. The van der Waals surface area contributed by atoms with E-state index in [4.69, 9.17) is 0 Å². The normalized spacial score (nSPS) is 10.9. The Bertz CT molecular complexity index is 762. The van der Waals surface area contributed by atoms with Gasteiger partial charge in [0.2, 0.25) is 0 Å². The number of rotatable bonds is 1. The zero-order valence-corrected chi connectivity index (χ0v) is 12.5. The van der Waals surface area contributed by atoms with Crippen molar-refractivity contribution in [1.29, 1.82) is 0 Å². The molecule has 1 nitrogen and oxygen atoms in total. The van der Waals surface area contributed by atoms with E-state index in [1.54, 1.807) is 0 Å². The topological polar surface area (TPSA) is 12.9 Å². The molecule has 0 bridgehead atoms. The summed E-state index contributed by atoms with van der Waals surface area (Å²) >= 11 is 3.63. The second-order valence-corrected chi connectivity index (χ2v) is 5.71. The van der Waals surface area contributed by atoms with Gasteiger partial charge in [0.1, 0.15) is 0 Å². The maximum Gasteiger partial charge on any atom is 0.0716 e. The van der Waals surface area contributed by atoms with Gasteiger partial charge >= 0.3 is 0 Å². The number of hydrogen-bond acceptors (Lipinski definition) is 1. The summed E-state index contributed by atoms with van der Waals surface area (Å²) in [6.45, 7) is 4.21. The third-order valence-corrected chi connectivity index (χ3v) is 4.01. The molecule has 19 heavy (non-hydrogen) atoms. The van der Waals surface area contributed by atoms with E-state index in [0.29, 0.717) is 0 Å². The van der Waals surface area contributed by atoms with Crippen LogP contribution in [0.25, 0.3) is 22.0 Å². The summed E-state index contributed by atoms with van der Waals surface area (Å²) in [7, 11) is 0. The van der Waals surface area contributed by atoms with Gasteiger partial charge in [0.25, 0.3) is 0 Å². The summed E-state index contributed by atoms with van der Waals surface area (Å²) in [5.41, 5.74) is 5.92. The molecule has 2 heteroatoms. The first-order chi connectivity index (χ1) is 9.15. The highest BCUT2D eigenvalue weighted by atomic mass is 79.9. The summed E-state index contributed by atoms with van der Waals surface area (Å²) in [5, 5.41) is 1.16. The average Bonchev–Trinajstić information content (AvgIpc) is 2.39. The summed E-state index contributed by atoms with van der Waals surface area (Å²) in [4.78, 5) is 4.59. The van der Waals surface area contributed by atoms with E-state index in [1.807, 2.05) is 6.20 Å². The number of aromatic nitrogens is 1. The first kappa shape index (κ1) is 12.4. The van der Waals surface area contributed by atoms with Crippen molar-refractivity contribution >= 4 is 26.8 Å². The van der Waals surface area contributed by atoms with Crippen molar-refractivity contribution in [2.45, 2.75) is 13.8 Å². The lowest BCUT2D eigenvalue weighted by molar-refractivity contribution is 1.36.